The zero-order chi connectivity index (χ0) is 17.1. The predicted molar refractivity (Wildman–Crippen MR) is 88.9 cm³/mol. The van der Waals surface area contributed by atoms with Crippen LogP contribution in [0.2, 0.25) is 15.2 Å². The summed E-state index contributed by atoms with van der Waals surface area (Å²) in [5, 5.41) is -0.341. The molecule has 0 saturated carbocycles. The van der Waals surface area contributed by atoms with E-state index in [1.807, 2.05) is 0 Å². The molecule has 0 spiro atoms. The number of pyridine rings is 1. The van der Waals surface area contributed by atoms with Crippen molar-refractivity contribution in [2.75, 3.05) is 25.4 Å². The van der Waals surface area contributed by atoms with E-state index >= 15 is 0 Å². The standard InChI is InChI=1S/C14H16Cl3N3O3/c1-7-2-4-20(5-3-7)8(21)6-23-14(22)12-9(15)11(18)10(16)13(17)19-12/h7H,2-6H2,1H3,(H2,18,19). The van der Waals surface area contributed by atoms with E-state index in [1.54, 1.807) is 4.90 Å². The Morgan fingerprint density at radius 1 is 1.26 bits per heavy atom. The summed E-state index contributed by atoms with van der Waals surface area (Å²) in [5.74, 6) is -0.530. The van der Waals surface area contributed by atoms with Gasteiger partial charge in [0.25, 0.3) is 5.91 Å². The number of hydrogen-bond donors (Lipinski definition) is 1. The molecule has 6 nitrogen and oxygen atoms in total. The molecule has 0 aromatic carbocycles. The summed E-state index contributed by atoms with van der Waals surface area (Å²) in [6, 6.07) is 0. The number of rotatable bonds is 3. The number of carbonyl (C=O) groups is 2. The van der Waals surface area contributed by atoms with Gasteiger partial charge in [-0.15, -0.1) is 0 Å². The predicted octanol–water partition coefficient (Wildman–Crippen LogP) is 3.04. The van der Waals surface area contributed by atoms with Crippen LogP contribution in [0, 0.1) is 5.92 Å². The zero-order valence-electron chi connectivity index (χ0n) is 12.4. The molecule has 1 aromatic rings. The average molecular weight is 381 g/mol. The number of nitrogen functional groups attached to an aromatic ring is 1. The minimum atomic E-state index is -0.876. The largest absolute Gasteiger partial charge is 0.451 e. The Kier molecular flexibility index (Phi) is 5.95. The van der Waals surface area contributed by atoms with Gasteiger partial charge < -0.3 is 15.4 Å². The Morgan fingerprint density at radius 2 is 1.87 bits per heavy atom. The van der Waals surface area contributed by atoms with Crippen LogP contribution in [-0.4, -0.2) is 41.5 Å². The summed E-state index contributed by atoms with van der Waals surface area (Å²) in [6.45, 7) is 3.09. The van der Waals surface area contributed by atoms with Crippen molar-refractivity contribution < 1.29 is 14.3 Å². The molecule has 1 aromatic heterocycles. The van der Waals surface area contributed by atoms with Gasteiger partial charge in [0.1, 0.15) is 5.02 Å². The average Bonchev–Trinajstić information content (AvgIpc) is 2.54. The van der Waals surface area contributed by atoms with Crippen LogP contribution in [0.3, 0.4) is 0 Å². The first kappa shape index (κ1) is 18.1. The molecular formula is C14H16Cl3N3O3. The van der Waals surface area contributed by atoms with Gasteiger partial charge in [-0.05, 0) is 18.8 Å². The molecule has 0 atom stereocenters. The Balaban J connectivity index is 1.99. The van der Waals surface area contributed by atoms with Crippen molar-refractivity contribution in [1.29, 1.82) is 0 Å². The van der Waals surface area contributed by atoms with Gasteiger partial charge in [-0.2, -0.15) is 0 Å². The lowest BCUT2D eigenvalue weighted by Crippen LogP contribution is -2.40. The third kappa shape index (κ3) is 4.19. The maximum Gasteiger partial charge on any atom is 0.359 e. The second kappa shape index (κ2) is 7.55. The molecule has 2 rings (SSSR count). The number of aromatic nitrogens is 1. The monoisotopic (exact) mass is 379 g/mol. The molecule has 0 radical (unpaired) electrons. The van der Waals surface area contributed by atoms with Crippen molar-refractivity contribution in [2.45, 2.75) is 19.8 Å². The van der Waals surface area contributed by atoms with E-state index in [-0.39, 0.29) is 39.1 Å². The maximum atomic E-state index is 12.0. The number of ether oxygens (including phenoxy) is 1. The van der Waals surface area contributed by atoms with Crippen LogP contribution in [0.15, 0.2) is 0 Å². The molecule has 2 N–H and O–H groups in total. The van der Waals surface area contributed by atoms with Crippen molar-refractivity contribution in [3.63, 3.8) is 0 Å². The van der Waals surface area contributed by atoms with Crippen LogP contribution in [0.25, 0.3) is 0 Å². The van der Waals surface area contributed by atoms with E-state index in [0.717, 1.165) is 12.8 Å². The number of esters is 1. The summed E-state index contributed by atoms with van der Waals surface area (Å²) in [5.41, 5.74) is 5.31. The number of nitrogens with zero attached hydrogens (tertiary/aromatic N) is 2. The number of nitrogens with two attached hydrogens (primary N) is 1. The van der Waals surface area contributed by atoms with E-state index in [2.05, 4.69) is 11.9 Å². The summed E-state index contributed by atoms with van der Waals surface area (Å²) >= 11 is 17.5. The van der Waals surface area contributed by atoms with Crippen LogP contribution in [-0.2, 0) is 9.53 Å². The summed E-state index contributed by atoms with van der Waals surface area (Å²) < 4.78 is 4.97. The Labute approximate surface area is 148 Å². The molecule has 1 aliphatic rings. The highest BCUT2D eigenvalue weighted by Gasteiger charge is 2.24. The highest BCUT2D eigenvalue weighted by atomic mass is 35.5. The summed E-state index contributed by atoms with van der Waals surface area (Å²) in [4.78, 5) is 29.5. The number of hydrogen-bond acceptors (Lipinski definition) is 5. The molecule has 1 fully saturated rings. The molecule has 1 aliphatic heterocycles. The van der Waals surface area contributed by atoms with Crippen molar-refractivity contribution in [2.24, 2.45) is 5.92 Å². The number of piperidine rings is 1. The molecule has 1 saturated heterocycles. The van der Waals surface area contributed by atoms with Gasteiger partial charge in [0.05, 0.1) is 10.7 Å². The molecule has 2 heterocycles. The fraction of sp³-hybridized carbons (Fsp3) is 0.500. The smallest absolute Gasteiger partial charge is 0.359 e. The number of anilines is 1. The summed E-state index contributed by atoms with van der Waals surface area (Å²) in [7, 11) is 0. The molecule has 9 heteroatoms. The van der Waals surface area contributed by atoms with Gasteiger partial charge in [-0.1, -0.05) is 41.7 Å². The van der Waals surface area contributed by atoms with Gasteiger partial charge in [-0.25, -0.2) is 9.78 Å². The molecule has 0 unspecified atom stereocenters. The minimum absolute atomic E-state index is 0.0354. The number of likely N-dealkylation sites (tertiary alicyclic amines) is 1. The van der Waals surface area contributed by atoms with Gasteiger partial charge in [0.2, 0.25) is 0 Å². The molecule has 0 bridgehead atoms. The molecular weight excluding hydrogens is 365 g/mol. The highest BCUT2D eigenvalue weighted by Crippen LogP contribution is 2.34. The molecule has 23 heavy (non-hydrogen) atoms. The summed E-state index contributed by atoms with van der Waals surface area (Å²) in [6.07, 6.45) is 1.88. The van der Waals surface area contributed by atoms with Crippen molar-refractivity contribution in [1.82, 2.24) is 9.88 Å². The van der Waals surface area contributed by atoms with Crippen LogP contribution in [0.4, 0.5) is 5.69 Å². The molecule has 0 aliphatic carbocycles. The first-order chi connectivity index (χ1) is 10.8. The van der Waals surface area contributed by atoms with Gasteiger partial charge in [0.15, 0.2) is 17.5 Å². The zero-order valence-corrected chi connectivity index (χ0v) is 14.7. The quantitative estimate of drug-likeness (QED) is 0.643. The first-order valence-corrected chi connectivity index (χ1v) is 8.19. The second-order valence-electron chi connectivity index (χ2n) is 5.43. The lowest BCUT2D eigenvalue weighted by Gasteiger charge is -2.30. The van der Waals surface area contributed by atoms with Crippen LogP contribution in [0.5, 0.6) is 0 Å². The lowest BCUT2D eigenvalue weighted by atomic mass is 9.99. The normalized spacial score (nSPS) is 15.6. The SMILES string of the molecule is CC1CCN(C(=O)COC(=O)c2nc(Cl)c(Cl)c(N)c2Cl)CC1. The minimum Gasteiger partial charge on any atom is -0.451 e. The molecule has 126 valence electrons. The molecule has 1 amide bonds. The first-order valence-electron chi connectivity index (χ1n) is 7.06. The lowest BCUT2D eigenvalue weighted by molar-refractivity contribution is -0.135. The maximum absolute atomic E-state index is 12.0. The highest BCUT2D eigenvalue weighted by molar-refractivity contribution is 6.46. The third-order valence-electron chi connectivity index (χ3n) is 3.73. The van der Waals surface area contributed by atoms with Crippen molar-refractivity contribution >= 4 is 52.4 Å². The third-order valence-corrected chi connectivity index (χ3v) is 4.86. The second-order valence-corrected chi connectivity index (χ2v) is 6.55. The topological polar surface area (TPSA) is 85.5 Å². The van der Waals surface area contributed by atoms with E-state index < -0.39 is 5.97 Å². The van der Waals surface area contributed by atoms with Crippen molar-refractivity contribution in [3.8, 4) is 0 Å². The van der Waals surface area contributed by atoms with E-state index in [1.165, 1.54) is 0 Å². The van der Waals surface area contributed by atoms with E-state index in [4.69, 9.17) is 45.3 Å². The van der Waals surface area contributed by atoms with Gasteiger partial charge in [0, 0.05) is 13.1 Å². The van der Waals surface area contributed by atoms with Gasteiger partial charge in [-0.3, -0.25) is 4.79 Å². The Bertz CT molecular complexity index is 631. The van der Waals surface area contributed by atoms with Gasteiger partial charge >= 0.3 is 5.97 Å². The fourth-order valence-electron chi connectivity index (χ4n) is 2.21. The van der Waals surface area contributed by atoms with Crippen LogP contribution in [0.1, 0.15) is 30.3 Å². The number of halogens is 3. The van der Waals surface area contributed by atoms with Crippen LogP contribution < -0.4 is 5.73 Å². The Hall–Kier alpha value is -1.24. The fourth-order valence-corrected chi connectivity index (χ4v) is 2.80. The van der Waals surface area contributed by atoms with Crippen LogP contribution >= 0.6 is 34.8 Å². The number of carbonyl (C=O) groups excluding carboxylic acids is 2. The van der Waals surface area contributed by atoms with E-state index in [9.17, 15) is 9.59 Å². The van der Waals surface area contributed by atoms with E-state index in [0.29, 0.717) is 19.0 Å². The van der Waals surface area contributed by atoms with Crippen molar-refractivity contribution in [3.05, 3.63) is 20.9 Å². The number of amides is 1. The Morgan fingerprint density at radius 3 is 2.48 bits per heavy atom.